The van der Waals surface area contributed by atoms with Crippen molar-refractivity contribution in [1.82, 2.24) is 25.0 Å². The van der Waals surface area contributed by atoms with Crippen LogP contribution in [0.15, 0.2) is 22.3 Å². The Bertz CT molecular complexity index is 963. The van der Waals surface area contributed by atoms with Gasteiger partial charge in [-0.15, -0.1) is 11.3 Å². The molecule has 2 saturated heterocycles. The minimum atomic E-state index is -0.154. The van der Waals surface area contributed by atoms with E-state index in [1.54, 1.807) is 24.6 Å². The Morgan fingerprint density at radius 3 is 3.04 bits per heavy atom. The first-order valence-corrected chi connectivity index (χ1v) is 9.62. The maximum absolute atomic E-state index is 13.0. The highest BCUT2D eigenvalue weighted by Gasteiger charge is 2.41. The molecule has 0 radical (unpaired) electrons. The van der Waals surface area contributed by atoms with E-state index in [2.05, 4.69) is 25.0 Å². The number of fused-ring (bicyclic) bond motifs is 1. The topological polar surface area (TPSA) is 88.3 Å². The Morgan fingerprint density at radius 2 is 2.23 bits per heavy atom. The largest absolute Gasteiger partial charge is 0.344 e. The second-order valence-corrected chi connectivity index (χ2v) is 7.70. The van der Waals surface area contributed by atoms with Crippen LogP contribution in [0.2, 0.25) is 0 Å². The van der Waals surface area contributed by atoms with Gasteiger partial charge in [-0.3, -0.25) is 4.79 Å². The molecule has 26 heavy (non-hydrogen) atoms. The van der Waals surface area contributed by atoms with Crippen LogP contribution in [0.4, 0.5) is 5.82 Å². The van der Waals surface area contributed by atoms with Crippen LogP contribution in [0.5, 0.6) is 0 Å². The summed E-state index contributed by atoms with van der Waals surface area (Å²) in [4.78, 5) is 31.1. The molecule has 0 aliphatic carbocycles. The van der Waals surface area contributed by atoms with Crippen LogP contribution < -0.4 is 4.90 Å². The summed E-state index contributed by atoms with van der Waals surface area (Å²) in [5.74, 6) is 2.45. The molecule has 9 heteroatoms. The average molecular weight is 370 g/mol. The molecule has 2 aliphatic heterocycles. The monoisotopic (exact) mass is 370 g/mol. The van der Waals surface area contributed by atoms with Gasteiger partial charge in [0.1, 0.15) is 23.0 Å². The van der Waals surface area contributed by atoms with E-state index in [1.807, 2.05) is 16.3 Å². The van der Waals surface area contributed by atoms with Gasteiger partial charge in [0.2, 0.25) is 11.8 Å². The highest BCUT2D eigenvalue weighted by Crippen LogP contribution is 2.34. The van der Waals surface area contributed by atoms with Crippen LogP contribution in [-0.4, -0.2) is 56.6 Å². The van der Waals surface area contributed by atoms with Gasteiger partial charge in [0.25, 0.3) is 0 Å². The van der Waals surface area contributed by atoms with Crippen molar-refractivity contribution in [1.29, 1.82) is 0 Å². The lowest BCUT2D eigenvalue weighted by atomic mass is 9.98. The van der Waals surface area contributed by atoms with Gasteiger partial charge >= 0.3 is 0 Å². The van der Waals surface area contributed by atoms with E-state index in [4.69, 9.17) is 4.52 Å². The normalized spacial score (nSPS) is 20.7. The summed E-state index contributed by atoms with van der Waals surface area (Å²) in [6, 6.07) is 1.88. The van der Waals surface area contributed by atoms with Crippen LogP contribution in [-0.2, 0) is 4.79 Å². The molecular weight excluding hydrogens is 352 g/mol. The smallest absolute Gasteiger partial charge is 0.245 e. The number of amides is 1. The molecule has 5 rings (SSSR count). The predicted molar refractivity (Wildman–Crippen MR) is 96.1 cm³/mol. The number of hydrogen-bond acceptors (Lipinski definition) is 8. The molecule has 5 heterocycles. The van der Waals surface area contributed by atoms with Crippen molar-refractivity contribution in [2.24, 2.45) is 0 Å². The molecule has 2 aliphatic rings. The van der Waals surface area contributed by atoms with E-state index < -0.39 is 0 Å². The molecule has 134 valence electrons. The lowest BCUT2D eigenvalue weighted by Gasteiger charge is -2.40. The number of nitrogens with zero attached hydrogens (tertiary/aromatic N) is 6. The van der Waals surface area contributed by atoms with Gasteiger partial charge in [-0.2, -0.15) is 4.98 Å². The van der Waals surface area contributed by atoms with Crippen LogP contribution in [0.25, 0.3) is 10.2 Å². The summed E-state index contributed by atoms with van der Waals surface area (Å²) in [7, 11) is 0. The van der Waals surface area contributed by atoms with E-state index >= 15 is 0 Å². The molecule has 1 amide bonds. The highest BCUT2D eigenvalue weighted by molar-refractivity contribution is 7.16. The van der Waals surface area contributed by atoms with E-state index in [1.165, 1.54) is 0 Å². The van der Waals surface area contributed by atoms with Crippen LogP contribution in [0.3, 0.4) is 0 Å². The number of aryl methyl sites for hydroxylation is 1. The Balaban J connectivity index is 1.33. The van der Waals surface area contributed by atoms with Crippen molar-refractivity contribution >= 4 is 33.3 Å². The summed E-state index contributed by atoms with van der Waals surface area (Å²) in [6.45, 7) is 3.93. The summed E-state index contributed by atoms with van der Waals surface area (Å²) in [6.07, 6.45) is 3.44. The van der Waals surface area contributed by atoms with Crippen molar-refractivity contribution in [3.05, 3.63) is 29.5 Å². The molecule has 0 aromatic carbocycles. The fraction of sp³-hybridized carbons (Fsp3) is 0.471. The molecule has 8 nitrogen and oxygen atoms in total. The quantitative estimate of drug-likeness (QED) is 0.696. The first-order valence-electron chi connectivity index (χ1n) is 8.74. The molecule has 0 bridgehead atoms. The number of hydrogen-bond donors (Lipinski definition) is 0. The maximum Gasteiger partial charge on any atom is 0.245 e. The van der Waals surface area contributed by atoms with Crippen molar-refractivity contribution in [2.75, 3.05) is 24.5 Å². The molecule has 0 spiro atoms. The fourth-order valence-electron chi connectivity index (χ4n) is 3.79. The summed E-state index contributed by atoms with van der Waals surface area (Å²) < 4.78 is 5.23. The van der Waals surface area contributed by atoms with Gasteiger partial charge in [-0.05, 0) is 31.2 Å². The number of rotatable bonds is 3. The standard InChI is InChI=1S/C17H18N6O2S/c1-10-20-15(25-21-10)11-7-22(8-11)17(24)13-3-2-5-23(13)14-12-4-6-26-16(12)19-9-18-14/h4,6,9,11,13H,2-3,5,7-8H2,1H3. The third kappa shape index (κ3) is 2.45. The number of aromatic nitrogens is 4. The van der Waals surface area contributed by atoms with Gasteiger partial charge < -0.3 is 14.3 Å². The summed E-state index contributed by atoms with van der Waals surface area (Å²) >= 11 is 1.60. The fourth-order valence-corrected chi connectivity index (χ4v) is 4.51. The van der Waals surface area contributed by atoms with Gasteiger partial charge in [-0.1, -0.05) is 5.16 Å². The summed E-state index contributed by atoms with van der Waals surface area (Å²) in [5.41, 5.74) is 0. The van der Waals surface area contributed by atoms with Gasteiger partial charge in [0, 0.05) is 19.6 Å². The van der Waals surface area contributed by atoms with Gasteiger partial charge in [-0.25, -0.2) is 9.97 Å². The number of thiophene rings is 1. The van der Waals surface area contributed by atoms with Gasteiger partial charge in [0.15, 0.2) is 5.82 Å². The molecule has 3 aromatic rings. The van der Waals surface area contributed by atoms with E-state index in [0.717, 1.165) is 35.4 Å². The molecule has 1 unspecified atom stereocenters. The molecule has 0 saturated carbocycles. The highest BCUT2D eigenvalue weighted by atomic mass is 32.1. The minimum Gasteiger partial charge on any atom is -0.344 e. The van der Waals surface area contributed by atoms with E-state index in [9.17, 15) is 4.79 Å². The molecular formula is C17H18N6O2S. The molecule has 0 N–H and O–H groups in total. The van der Waals surface area contributed by atoms with Crippen molar-refractivity contribution < 1.29 is 9.32 Å². The Kier molecular flexibility index (Phi) is 3.63. The zero-order valence-electron chi connectivity index (χ0n) is 14.3. The zero-order valence-corrected chi connectivity index (χ0v) is 15.1. The third-order valence-corrected chi connectivity index (χ3v) is 5.96. The van der Waals surface area contributed by atoms with Crippen LogP contribution in [0.1, 0.15) is 30.5 Å². The Morgan fingerprint density at radius 1 is 1.35 bits per heavy atom. The lowest BCUT2D eigenvalue weighted by molar-refractivity contribution is -0.137. The zero-order chi connectivity index (χ0) is 17.7. The van der Waals surface area contributed by atoms with Gasteiger partial charge in [0.05, 0.1) is 11.3 Å². The first-order chi connectivity index (χ1) is 12.7. The van der Waals surface area contributed by atoms with Crippen LogP contribution >= 0.6 is 11.3 Å². The van der Waals surface area contributed by atoms with Crippen molar-refractivity contribution in [2.45, 2.75) is 31.7 Å². The lowest BCUT2D eigenvalue weighted by Crippen LogP contribution is -2.55. The second kappa shape index (κ2) is 6.01. The molecule has 2 fully saturated rings. The summed E-state index contributed by atoms with van der Waals surface area (Å²) in [5, 5.41) is 6.88. The van der Waals surface area contributed by atoms with Crippen LogP contribution in [0, 0.1) is 6.92 Å². The second-order valence-electron chi connectivity index (χ2n) is 6.81. The van der Waals surface area contributed by atoms with E-state index in [0.29, 0.717) is 24.8 Å². The van der Waals surface area contributed by atoms with Crippen molar-refractivity contribution in [3.63, 3.8) is 0 Å². The first kappa shape index (κ1) is 15.7. The third-order valence-electron chi connectivity index (χ3n) is 5.14. The Labute approximate surface area is 153 Å². The number of carbonyl (C=O) groups is 1. The number of carbonyl (C=O) groups excluding carboxylic acids is 1. The molecule has 3 aromatic heterocycles. The maximum atomic E-state index is 13.0. The SMILES string of the molecule is Cc1noc(C2CN(C(=O)C3CCCN3c3ncnc4sccc34)C2)n1. The van der Waals surface area contributed by atoms with E-state index in [-0.39, 0.29) is 17.9 Å². The average Bonchev–Trinajstić information content (AvgIpc) is 3.33. The number of anilines is 1. The predicted octanol–water partition coefficient (Wildman–Crippen LogP) is 1.98. The minimum absolute atomic E-state index is 0.151. The van der Waals surface area contributed by atoms with Crippen molar-refractivity contribution in [3.8, 4) is 0 Å². The number of likely N-dealkylation sites (tertiary alicyclic amines) is 1. The Hall–Kier alpha value is -2.55. The molecule has 1 atom stereocenters.